The van der Waals surface area contributed by atoms with Gasteiger partial charge in [-0.2, -0.15) is 0 Å². The lowest BCUT2D eigenvalue weighted by Crippen LogP contribution is -2.39. The normalized spacial score (nSPS) is 24.5. The number of nitrogens with zero attached hydrogens (tertiary/aromatic N) is 1. The highest BCUT2D eigenvalue weighted by molar-refractivity contribution is 5.57. The molecule has 2 N–H and O–H groups in total. The molecule has 0 heterocycles. The van der Waals surface area contributed by atoms with Gasteiger partial charge >= 0.3 is 0 Å². The fourth-order valence-electron chi connectivity index (χ4n) is 3.40. The minimum absolute atomic E-state index is 0.151. The second-order valence-corrected chi connectivity index (χ2v) is 6.39. The molecule has 0 amide bonds. The van der Waals surface area contributed by atoms with Gasteiger partial charge in [-0.1, -0.05) is 19.8 Å². The van der Waals surface area contributed by atoms with Crippen molar-refractivity contribution < 1.29 is 4.39 Å². The van der Waals surface area contributed by atoms with E-state index in [2.05, 4.69) is 18.9 Å². The predicted octanol–water partition coefficient (Wildman–Crippen LogP) is 4.17. The van der Waals surface area contributed by atoms with Crippen molar-refractivity contribution >= 4 is 5.69 Å². The summed E-state index contributed by atoms with van der Waals surface area (Å²) in [5.74, 6) is 0.520. The third-order valence-corrected chi connectivity index (χ3v) is 4.74. The van der Waals surface area contributed by atoms with Crippen molar-refractivity contribution in [3.05, 3.63) is 29.1 Å². The number of nitrogens with two attached hydrogens (primary N) is 1. The Hall–Kier alpha value is -1.09. The predicted molar refractivity (Wildman–Crippen MR) is 83.6 cm³/mol. The summed E-state index contributed by atoms with van der Waals surface area (Å²) in [7, 11) is 2.13. The molecule has 0 aromatic heterocycles. The molecule has 20 heavy (non-hydrogen) atoms. The van der Waals surface area contributed by atoms with E-state index >= 15 is 0 Å². The lowest BCUT2D eigenvalue weighted by atomic mass is 9.84. The minimum Gasteiger partial charge on any atom is -0.371 e. The SMILES string of the molecule is Cc1cc(N(C)C2CCCCC2C)c([C@H](C)N)cc1F. The van der Waals surface area contributed by atoms with E-state index in [1.54, 1.807) is 6.07 Å². The van der Waals surface area contributed by atoms with Crippen LogP contribution in [-0.2, 0) is 0 Å². The Balaban J connectivity index is 2.37. The largest absolute Gasteiger partial charge is 0.371 e. The lowest BCUT2D eigenvalue weighted by Gasteiger charge is -2.39. The first kappa shape index (κ1) is 15.3. The number of halogens is 1. The summed E-state index contributed by atoms with van der Waals surface area (Å²) in [6.45, 7) is 6.07. The van der Waals surface area contributed by atoms with Gasteiger partial charge in [0, 0.05) is 24.8 Å². The van der Waals surface area contributed by atoms with Crippen LogP contribution in [0.1, 0.15) is 56.7 Å². The van der Waals surface area contributed by atoms with Crippen LogP contribution in [-0.4, -0.2) is 13.1 Å². The monoisotopic (exact) mass is 278 g/mol. The summed E-state index contributed by atoms with van der Waals surface area (Å²) in [5.41, 5.74) is 8.74. The van der Waals surface area contributed by atoms with E-state index in [1.165, 1.54) is 25.7 Å². The molecule has 0 bridgehead atoms. The van der Waals surface area contributed by atoms with Crippen LogP contribution in [0.4, 0.5) is 10.1 Å². The number of anilines is 1. The molecule has 2 unspecified atom stereocenters. The van der Waals surface area contributed by atoms with Crippen LogP contribution in [0.5, 0.6) is 0 Å². The summed E-state index contributed by atoms with van der Waals surface area (Å²) in [6.07, 6.45) is 5.11. The van der Waals surface area contributed by atoms with Crippen LogP contribution in [0, 0.1) is 18.7 Å². The van der Waals surface area contributed by atoms with Gasteiger partial charge in [-0.3, -0.25) is 0 Å². The molecule has 2 rings (SSSR count). The molecule has 1 aromatic carbocycles. The number of benzene rings is 1. The van der Waals surface area contributed by atoms with Crippen molar-refractivity contribution in [3.63, 3.8) is 0 Å². The number of hydrogen-bond acceptors (Lipinski definition) is 2. The van der Waals surface area contributed by atoms with E-state index in [4.69, 9.17) is 5.73 Å². The highest BCUT2D eigenvalue weighted by Crippen LogP contribution is 2.34. The standard InChI is InChI=1S/C17H27FN2/c1-11-7-5-6-8-16(11)20(4)17-9-12(2)15(18)10-14(17)13(3)19/h9-11,13,16H,5-8,19H2,1-4H3/t11?,13-,16?/m0/s1. The van der Waals surface area contributed by atoms with Crippen LogP contribution < -0.4 is 10.6 Å². The fourth-order valence-corrected chi connectivity index (χ4v) is 3.40. The molecule has 1 aliphatic carbocycles. The first-order valence-electron chi connectivity index (χ1n) is 7.70. The molecule has 0 aliphatic heterocycles. The topological polar surface area (TPSA) is 29.3 Å². The Labute approximate surface area is 122 Å². The summed E-state index contributed by atoms with van der Waals surface area (Å²) >= 11 is 0. The molecular weight excluding hydrogens is 251 g/mol. The molecule has 3 heteroatoms. The maximum atomic E-state index is 13.8. The summed E-state index contributed by atoms with van der Waals surface area (Å²) in [5, 5.41) is 0. The molecule has 1 saturated carbocycles. The third kappa shape index (κ3) is 2.98. The summed E-state index contributed by atoms with van der Waals surface area (Å²) in [4.78, 5) is 2.33. The van der Waals surface area contributed by atoms with E-state index in [0.717, 1.165) is 11.3 Å². The molecular formula is C17H27FN2. The van der Waals surface area contributed by atoms with Crippen LogP contribution in [0.15, 0.2) is 12.1 Å². The van der Waals surface area contributed by atoms with Crippen LogP contribution in [0.3, 0.4) is 0 Å². The van der Waals surface area contributed by atoms with Crippen molar-refractivity contribution in [2.24, 2.45) is 11.7 Å². The van der Waals surface area contributed by atoms with Crippen molar-refractivity contribution in [2.75, 3.05) is 11.9 Å². The van der Waals surface area contributed by atoms with Crippen molar-refractivity contribution in [2.45, 2.75) is 58.5 Å². The maximum absolute atomic E-state index is 13.8. The summed E-state index contributed by atoms with van der Waals surface area (Å²) < 4.78 is 13.8. The van der Waals surface area contributed by atoms with Crippen LogP contribution in [0.2, 0.25) is 0 Å². The molecule has 3 atom stereocenters. The van der Waals surface area contributed by atoms with Crippen molar-refractivity contribution in [3.8, 4) is 0 Å². The lowest BCUT2D eigenvalue weighted by molar-refractivity contribution is 0.321. The van der Waals surface area contributed by atoms with Gasteiger partial charge in [-0.25, -0.2) is 4.39 Å². The zero-order valence-corrected chi connectivity index (χ0v) is 13.1. The van der Waals surface area contributed by atoms with Crippen molar-refractivity contribution in [1.29, 1.82) is 0 Å². The van der Waals surface area contributed by atoms with Gasteiger partial charge in [0.1, 0.15) is 5.82 Å². The van der Waals surface area contributed by atoms with E-state index < -0.39 is 0 Å². The minimum atomic E-state index is -0.161. The zero-order chi connectivity index (χ0) is 14.9. The van der Waals surface area contributed by atoms with Gasteiger partial charge in [-0.05, 0) is 55.9 Å². The van der Waals surface area contributed by atoms with Crippen molar-refractivity contribution in [1.82, 2.24) is 0 Å². The Morgan fingerprint density at radius 1 is 1.30 bits per heavy atom. The molecule has 1 aromatic rings. The zero-order valence-electron chi connectivity index (χ0n) is 13.1. The van der Waals surface area contributed by atoms with Crippen LogP contribution in [0.25, 0.3) is 0 Å². The molecule has 2 nitrogen and oxygen atoms in total. The fraction of sp³-hybridized carbons (Fsp3) is 0.647. The molecule has 0 saturated heterocycles. The second kappa shape index (κ2) is 6.13. The molecule has 1 aliphatic rings. The Kier molecular flexibility index (Phi) is 4.69. The van der Waals surface area contributed by atoms with Gasteiger partial charge in [-0.15, -0.1) is 0 Å². The van der Waals surface area contributed by atoms with Gasteiger partial charge < -0.3 is 10.6 Å². The highest BCUT2D eigenvalue weighted by Gasteiger charge is 2.27. The van der Waals surface area contributed by atoms with Gasteiger partial charge in [0.25, 0.3) is 0 Å². The van der Waals surface area contributed by atoms with Gasteiger partial charge in [0.15, 0.2) is 0 Å². The number of aryl methyl sites for hydroxylation is 1. The van der Waals surface area contributed by atoms with E-state index in [0.29, 0.717) is 17.5 Å². The molecule has 112 valence electrons. The summed E-state index contributed by atoms with van der Waals surface area (Å²) in [6, 6.07) is 3.95. The Bertz CT molecular complexity index is 470. The first-order valence-corrected chi connectivity index (χ1v) is 7.70. The number of hydrogen-bond donors (Lipinski definition) is 1. The van der Waals surface area contributed by atoms with Gasteiger partial charge in [0.05, 0.1) is 0 Å². The molecule has 0 radical (unpaired) electrons. The third-order valence-electron chi connectivity index (χ3n) is 4.74. The second-order valence-electron chi connectivity index (χ2n) is 6.39. The Morgan fingerprint density at radius 2 is 1.95 bits per heavy atom. The smallest absolute Gasteiger partial charge is 0.126 e. The average Bonchev–Trinajstić information content (AvgIpc) is 2.41. The average molecular weight is 278 g/mol. The van der Waals surface area contributed by atoms with Gasteiger partial charge in [0.2, 0.25) is 0 Å². The van der Waals surface area contributed by atoms with E-state index in [-0.39, 0.29) is 11.9 Å². The van der Waals surface area contributed by atoms with Crippen LogP contribution >= 0.6 is 0 Å². The van der Waals surface area contributed by atoms with E-state index in [9.17, 15) is 4.39 Å². The first-order chi connectivity index (χ1) is 9.41. The molecule has 1 fully saturated rings. The Morgan fingerprint density at radius 3 is 2.55 bits per heavy atom. The highest BCUT2D eigenvalue weighted by atomic mass is 19.1. The maximum Gasteiger partial charge on any atom is 0.126 e. The molecule has 0 spiro atoms. The quantitative estimate of drug-likeness (QED) is 0.899. The van der Waals surface area contributed by atoms with E-state index in [1.807, 2.05) is 19.9 Å². The number of rotatable bonds is 3.